The summed E-state index contributed by atoms with van der Waals surface area (Å²) < 4.78 is 14.7. The quantitative estimate of drug-likeness (QED) is 0.510. The molecule has 2 aromatic heterocycles. The Morgan fingerprint density at radius 1 is 1.03 bits per heavy atom. The van der Waals surface area contributed by atoms with Gasteiger partial charge in [-0.3, -0.25) is 9.59 Å². The lowest BCUT2D eigenvalue weighted by atomic mass is 9.87. The van der Waals surface area contributed by atoms with E-state index in [1.807, 2.05) is 24.3 Å². The first-order valence-corrected chi connectivity index (χ1v) is 10.3. The van der Waals surface area contributed by atoms with E-state index in [0.29, 0.717) is 4.53 Å². The van der Waals surface area contributed by atoms with Gasteiger partial charge in [0.15, 0.2) is 0 Å². The molecule has 152 valence electrons. The third kappa shape index (κ3) is 4.07. The number of rotatable bonds is 3. The number of nitrogens with zero attached hydrogens (tertiary/aromatic N) is 3. The van der Waals surface area contributed by atoms with E-state index in [2.05, 4.69) is 30.9 Å². The molecule has 0 saturated heterocycles. The second-order valence-electron chi connectivity index (χ2n) is 8.15. The molecule has 2 aromatic carbocycles. The molecular weight excluding hydrogens is 401 g/mol. The van der Waals surface area contributed by atoms with Gasteiger partial charge >= 0.3 is 0 Å². The zero-order chi connectivity index (χ0) is 21.5. The second-order valence-corrected chi connectivity index (χ2v) is 9.16. The highest BCUT2D eigenvalue weighted by Gasteiger charge is 2.14. The molecule has 0 bridgehead atoms. The van der Waals surface area contributed by atoms with Crippen molar-refractivity contribution in [1.29, 1.82) is 0 Å². The fraction of sp³-hybridized carbons (Fsp3) is 0.217. The van der Waals surface area contributed by atoms with Crippen molar-refractivity contribution in [3.05, 3.63) is 102 Å². The Hall–Kier alpha value is -3.19. The fourth-order valence-corrected chi connectivity index (χ4v) is 3.98. The van der Waals surface area contributed by atoms with Crippen LogP contribution in [0.15, 0.2) is 58.1 Å². The molecule has 0 spiro atoms. The van der Waals surface area contributed by atoms with Gasteiger partial charge in [0.1, 0.15) is 11.5 Å². The van der Waals surface area contributed by atoms with Gasteiger partial charge < -0.3 is 0 Å². The highest BCUT2D eigenvalue weighted by atomic mass is 32.1. The van der Waals surface area contributed by atoms with Crippen molar-refractivity contribution in [1.82, 2.24) is 14.6 Å². The number of thiazole rings is 1. The second kappa shape index (κ2) is 7.57. The summed E-state index contributed by atoms with van der Waals surface area (Å²) in [5.41, 5.74) is 2.21. The molecular formula is C23H20FN3O2S. The number of hydrogen-bond donors (Lipinski definition) is 0. The summed E-state index contributed by atoms with van der Waals surface area (Å²) in [4.78, 5) is 29.4. The molecule has 7 heteroatoms. The number of hydrogen-bond acceptors (Lipinski definition) is 5. The van der Waals surface area contributed by atoms with Crippen LogP contribution in [-0.4, -0.2) is 14.6 Å². The van der Waals surface area contributed by atoms with Gasteiger partial charge in [-0.2, -0.15) is 14.6 Å². The van der Waals surface area contributed by atoms with Crippen molar-refractivity contribution >= 4 is 22.4 Å². The smallest absolute Gasteiger partial charge is 0.266 e. The first-order chi connectivity index (χ1) is 14.2. The van der Waals surface area contributed by atoms with E-state index in [0.717, 1.165) is 22.5 Å². The lowest BCUT2D eigenvalue weighted by Crippen LogP contribution is -2.28. The molecule has 0 aliphatic rings. The minimum Gasteiger partial charge on any atom is -0.266 e. The van der Waals surface area contributed by atoms with Crippen LogP contribution in [0.3, 0.4) is 0 Å². The molecule has 0 radical (unpaired) electrons. The summed E-state index contributed by atoms with van der Waals surface area (Å²) in [6.07, 6.45) is 1.96. The van der Waals surface area contributed by atoms with Gasteiger partial charge in [-0.15, -0.1) is 0 Å². The molecule has 0 fully saturated rings. The van der Waals surface area contributed by atoms with Gasteiger partial charge in [-0.25, -0.2) is 4.39 Å². The fourth-order valence-electron chi connectivity index (χ4n) is 3.08. The lowest BCUT2D eigenvalue weighted by Gasteiger charge is -2.18. The van der Waals surface area contributed by atoms with Crippen LogP contribution in [-0.2, 0) is 11.8 Å². The van der Waals surface area contributed by atoms with E-state index in [4.69, 9.17) is 0 Å². The zero-order valence-electron chi connectivity index (χ0n) is 16.8. The van der Waals surface area contributed by atoms with Gasteiger partial charge in [0.25, 0.3) is 11.1 Å². The normalized spacial score (nSPS) is 12.6. The molecule has 30 heavy (non-hydrogen) atoms. The minimum atomic E-state index is -0.485. The Kier molecular flexibility index (Phi) is 5.07. The largest absolute Gasteiger partial charge is 0.296 e. The maximum absolute atomic E-state index is 13.1. The predicted molar refractivity (Wildman–Crippen MR) is 117 cm³/mol. The molecule has 0 saturated carbocycles. The number of fused-ring (bicyclic) bond motifs is 1. The average molecular weight is 421 g/mol. The monoisotopic (exact) mass is 421 g/mol. The third-order valence-electron chi connectivity index (χ3n) is 4.81. The van der Waals surface area contributed by atoms with Crippen LogP contribution in [0.5, 0.6) is 0 Å². The maximum Gasteiger partial charge on any atom is 0.296 e. The predicted octanol–water partition coefficient (Wildman–Crippen LogP) is 3.09. The molecule has 2 heterocycles. The van der Waals surface area contributed by atoms with Crippen LogP contribution in [0.25, 0.3) is 11.0 Å². The summed E-state index contributed by atoms with van der Waals surface area (Å²) in [7, 11) is 0. The molecule has 4 aromatic rings. The summed E-state index contributed by atoms with van der Waals surface area (Å²) >= 11 is 1.13. The summed E-state index contributed by atoms with van der Waals surface area (Å²) in [5.74, 6) is -0.354. The highest BCUT2D eigenvalue weighted by molar-refractivity contribution is 7.15. The Bertz CT molecular complexity index is 1380. The SMILES string of the molecule is CC(C)(C)c1ccc(/C=c2\sc3nc(=O)c(Cc4ccc(F)cc4)nn3c2=O)cc1. The standard InChI is InChI=1S/C23H20FN3O2S/c1-23(2,3)16-8-4-15(5-9-16)13-19-21(29)27-22(30-19)25-20(28)18(26-27)12-14-6-10-17(24)11-7-14/h4-11,13H,12H2,1-3H3/b19-13-. The van der Waals surface area contributed by atoms with E-state index in [-0.39, 0.29) is 33.9 Å². The van der Waals surface area contributed by atoms with Gasteiger partial charge in [0, 0.05) is 6.42 Å². The zero-order valence-corrected chi connectivity index (χ0v) is 17.7. The van der Waals surface area contributed by atoms with Gasteiger partial charge in [0.05, 0.1) is 4.53 Å². The highest BCUT2D eigenvalue weighted by Crippen LogP contribution is 2.22. The first kappa shape index (κ1) is 20.1. The van der Waals surface area contributed by atoms with Crippen molar-refractivity contribution in [2.45, 2.75) is 32.6 Å². The third-order valence-corrected chi connectivity index (χ3v) is 5.77. The molecule has 0 atom stereocenters. The van der Waals surface area contributed by atoms with Crippen molar-refractivity contribution in [3.8, 4) is 0 Å². The van der Waals surface area contributed by atoms with Crippen molar-refractivity contribution in [2.24, 2.45) is 0 Å². The molecule has 0 aliphatic heterocycles. The van der Waals surface area contributed by atoms with Crippen molar-refractivity contribution in [3.63, 3.8) is 0 Å². The van der Waals surface area contributed by atoms with Crippen LogP contribution in [0.4, 0.5) is 4.39 Å². The molecule has 0 aliphatic carbocycles. The Labute approximate surface area is 176 Å². The Morgan fingerprint density at radius 2 is 1.70 bits per heavy atom. The molecule has 0 amide bonds. The van der Waals surface area contributed by atoms with E-state index >= 15 is 0 Å². The average Bonchev–Trinajstić information content (AvgIpc) is 2.98. The first-order valence-electron chi connectivity index (χ1n) is 9.50. The summed E-state index contributed by atoms with van der Waals surface area (Å²) in [5, 5.41) is 4.23. The molecule has 0 N–H and O–H groups in total. The van der Waals surface area contributed by atoms with Crippen molar-refractivity contribution in [2.75, 3.05) is 0 Å². The van der Waals surface area contributed by atoms with Crippen molar-refractivity contribution < 1.29 is 4.39 Å². The lowest BCUT2D eigenvalue weighted by molar-refractivity contribution is 0.590. The van der Waals surface area contributed by atoms with Crippen LogP contribution in [0.1, 0.15) is 43.2 Å². The van der Waals surface area contributed by atoms with Gasteiger partial charge in [-0.1, -0.05) is 68.5 Å². The molecule has 5 nitrogen and oxygen atoms in total. The topological polar surface area (TPSA) is 64.3 Å². The van der Waals surface area contributed by atoms with Crippen LogP contribution in [0.2, 0.25) is 0 Å². The molecule has 0 unspecified atom stereocenters. The van der Waals surface area contributed by atoms with E-state index in [9.17, 15) is 14.0 Å². The van der Waals surface area contributed by atoms with Gasteiger partial charge in [-0.05, 0) is 40.3 Å². The van der Waals surface area contributed by atoms with E-state index in [1.165, 1.54) is 22.2 Å². The van der Waals surface area contributed by atoms with Crippen LogP contribution >= 0.6 is 11.3 Å². The van der Waals surface area contributed by atoms with Crippen LogP contribution < -0.4 is 15.7 Å². The Balaban J connectivity index is 1.73. The minimum absolute atomic E-state index is 0.0506. The van der Waals surface area contributed by atoms with E-state index in [1.54, 1.807) is 18.2 Å². The summed E-state index contributed by atoms with van der Waals surface area (Å²) in [6.45, 7) is 6.43. The number of benzene rings is 2. The van der Waals surface area contributed by atoms with E-state index < -0.39 is 5.56 Å². The van der Waals surface area contributed by atoms with Crippen LogP contribution in [0, 0.1) is 5.82 Å². The number of aromatic nitrogens is 3. The molecule has 4 rings (SSSR count). The number of halogens is 1. The summed E-state index contributed by atoms with van der Waals surface area (Å²) in [6, 6.07) is 13.8. The maximum atomic E-state index is 13.1. The Morgan fingerprint density at radius 3 is 2.33 bits per heavy atom. The van der Waals surface area contributed by atoms with Gasteiger partial charge in [0.2, 0.25) is 4.96 Å².